The van der Waals surface area contributed by atoms with Gasteiger partial charge in [0.05, 0.1) is 0 Å². The average Bonchev–Trinajstić information content (AvgIpc) is 2.30. The molecule has 0 aliphatic carbocycles. The molecule has 0 fully saturated rings. The van der Waals surface area contributed by atoms with Crippen LogP contribution in [0.3, 0.4) is 0 Å². The van der Waals surface area contributed by atoms with E-state index in [1.807, 2.05) is 37.3 Å². The molecule has 0 bridgehead atoms. The second-order valence-electron chi connectivity index (χ2n) is 3.67. The fourth-order valence-electron chi connectivity index (χ4n) is 1.54. The number of ether oxygens (including phenoxy) is 1. The lowest BCUT2D eigenvalue weighted by molar-refractivity contribution is 0.108. The predicted molar refractivity (Wildman–Crippen MR) is 67.9 cm³/mol. The van der Waals surface area contributed by atoms with Crippen LogP contribution in [0, 0.1) is 6.92 Å². The summed E-state index contributed by atoms with van der Waals surface area (Å²) >= 11 is 5.44. The van der Waals surface area contributed by atoms with Crippen molar-refractivity contribution >= 4 is 16.8 Å². The number of benzene rings is 2. The molecule has 2 aromatic carbocycles. The molecular formula is C14H11ClO2. The van der Waals surface area contributed by atoms with Crippen molar-refractivity contribution in [3.8, 4) is 11.5 Å². The molecule has 0 aromatic heterocycles. The molecule has 0 saturated heterocycles. The van der Waals surface area contributed by atoms with Gasteiger partial charge in [0.1, 0.15) is 11.5 Å². The normalized spacial score (nSPS) is 10.0. The van der Waals surface area contributed by atoms with Gasteiger partial charge in [0.15, 0.2) is 0 Å². The van der Waals surface area contributed by atoms with Gasteiger partial charge < -0.3 is 4.74 Å². The Morgan fingerprint density at radius 1 is 1.06 bits per heavy atom. The minimum absolute atomic E-state index is 0.450. The van der Waals surface area contributed by atoms with Gasteiger partial charge in [0.2, 0.25) is 0 Å². The number of para-hydroxylation sites is 1. The third kappa shape index (κ3) is 2.86. The average molecular weight is 247 g/mol. The van der Waals surface area contributed by atoms with Crippen LogP contribution < -0.4 is 4.74 Å². The minimum Gasteiger partial charge on any atom is -0.457 e. The first-order chi connectivity index (χ1) is 8.16. The molecule has 2 aromatic rings. The van der Waals surface area contributed by atoms with Crippen molar-refractivity contribution in [1.29, 1.82) is 0 Å². The zero-order chi connectivity index (χ0) is 12.3. The summed E-state index contributed by atoms with van der Waals surface area (Å²) < 4.78 is 5.64. The topological polar surface area (TPSA) is 26.3 Å². The van der Waals surface area contributed by atoms with Gasteiger partial charge in [-0.3, -0.25) is 4.79 Å². The van der Waals surface area contributed by atoms with E-state index in [2.05, 4.69) is 0 Å². The Kier molecular flexibility index (Phi) is 3.45. The van der Waals surface area contributed by atoms with Gasteiger partial charge in [0, 0.05) is 5.56 Å². The Morgan fingerprint density at radius 2 is 1.76 bits per heavy atom. The Hall–Kier alpha value is -1.80. The monoisotopic (exact) mass is 246 g/mol. The van der Waals surface area contributed by atoms with Crippen molar-refractivity contribution in [3.63, 3.8) is 0 Å². The van der Waals surface area contributed by atoms with E-state index < -0.39 is 5.24 Å². The first-order valence-corrected chi connectivity index (χ1v) is 5.58. The van der Waals surface area contributed by atoms with Crippen molar-refractivity contribution < 1.29 is 9.53 Å². The molecule has 0 saturated carbocycles. The number of rotatable bonds is 3. The maximum atomic E-state index is 11.1. The molecule has 0 aliphatic heterocycles. The highest BCUT2D eigenvalue weighted by Crippen LogP contribution is 2.24. The molecule has 0 atom stereocenters. The van der Waals surface area contributed by atoms with Gasteiger partial charge >= 0.3 is 0 Å². The first kappa shape index (κ1) is 11.7. The molecule has 0 amide bonds. The van der Waals surface area contributed by atoms with Gasteiger partial charge in [-0.25, -0.2) is 0 Å². The third-order valence-electron chi connectivity index (χ3n) is 2.39. The third-order valence-corrected chi connectivity index (χ3v) is 2.59. The minimum atomic E-state index is -0.450. The molecule has 2 rings (SSSR count). The lowest BCUT2D eigenvalue weighted by Crippen LogP contribution is -1.94. The van der Waals surface area contributed by atoms with Gasteiger partial charge in [-0.2, -0.15) is 0 Å². The molecule has 86 valence electrons. The van der Waals surface area contributed by atoms with Crippen molar-refractivity contribution in [2.75, 3.05) is 0 Å². The lowest BCUT2D eigenvalue weighted by atomic mass is 10.1. The fraction of sp³-hybridized carbons (Fsp3) is 0.0714. The van der Waals surface area contributed by atoms with E-state index in [1.165, 1.54) is 0 Å². The summed E-state index contributed by atoms with van der Waals surface area (Å²) in [6.07, 6.45) is 0. The quantitative estimate of drug-likeness (QED) is 0.760. The van der Waals surface area contributed by atoms with Crippen LogP contribution in [0.15, 0.2) is 48.5 Å². The maximum Gasteiger partial charge on any atom is 0.252 e. The van der Waals surface area contributed by atoms with Crippen LogP contribution >= 0.6 is 11.6 Å². The van der Waals surface area contributed by atoms with Crippen molar-refractivity contribution in [3.05, 3.63) is 59.7 Å². The van der Waals surface area contributed by atoms with Crippen LogP contribution in [0.4, 0.5) is 0 Å². The molecule has 2 nitrogen and oxygen atoms in total. The number of hydrogen-bond donors (Lipinski definition) is 0. The lowest BCUT2D eigenvalue weighted by Gasteiger charge is -2.07. The Labute approximate surface area is 105 Å². The molecule has 0 spiro atoms. The van der Waals surface area contributed by atoms with Gasteiger partial charge in [-0.1, -0.05) is 18.2 Å². The highest BCUT2D eigenvalue weighted by Gasteiger charge is 2.07. The Bertz CT molecular complexity index is 535. The van der Waals surface area contributed by atoms with E-state index in [4.69, 9.17) is 16.3 Å². The zero-order valence-corrected chi connectivity index (χ0v) is 10.1. The van der Waals surface area contributed by atoms with E-state index in [0.29, 0.717) is 11.3 Å². The highest BCUT2D eigenvalue weighted by molar-refractivity contribution is 6.67. The summed E-state index contributed by atoms with van der Waals surface area (Å²) in [5.41, 5.74) is 1.31. The molecule has 0 radical (unpaired) electrons. The largest absolute Gasteiger partial charge is 0.457 e. The summed E-state index contributed by atoms with van der Waals surface area (Å²) in [4.78, 5) is 11.1. The number of aryl methyl sites for hydroxylation is 1. The van der Waals surface area contributed by atoms with Crippen LogP contribution in [0.1, 0.15) is 15.9 Å². The van der Waals surface area contributed by atoms with Crippen LogP contribution in [0.25, 0.3) is 0 Å². The zero-order valence-electron chi connectivity index (χ0n) is 9.31. The van der Waals surface area contributed by atoms with Crippen molar-refractivity contribution in [1.82, 2.24) is 0 Å². The summed E-state index contributed by atoms with van der Waals surface area (Å²) in [6, 6.07) is 14.7. The molecular weight excluding hydrogens is 236 g/mol. The molecule has 0 unspecified atom stereocenters. The second kappa shape index (κ2) is 5.02. The summed E-state index contributed by atoms with van der Waals surface area (Å²) in [5.74, 6) is 1.45. The smallest absolute Gasteiger partial charge is 0.252 e. The number of hydrogen-bond acceptors (Lipinski definition) is 2. The van der Waals surface area contributed by atoms with Gasteiger partial charge in [-0.15, -0.1) is 0 Å². The first-order valence-electron chi connectivity index (χ1n) is 5.20. The van der Waals surface area contributed by atoms with E-state index >= 15 is 0 Å². The van der Waals surface area contributed by atoms with E-state index in [1.54, 1.807) is 18.2 Å². The van der Waals surface area contributed by atoms with E-state index in [-0.39, 0.29) is 0 Å². The standard InChI is InChI=1S/C14H11ClO2/c1-10-9-12(7-8-13(10)14(15)16)17-11-5-3-2-4-6-11/h2-9H,1H3. The van der Waals surface area contributed by atoms with Gasteiger partial charge in [-0.05, 0) is 54.4 Å². The highest BCUT2D eigenvalue weighted by atomic mass is 35.5. The molecule has 3 heteroatoms. The second-order valence-corrected chi connectivity index (χ2v) is 4.01. The SMILES string of the molecule is Cc1cc(Oc2ccccc2)ccc1C(=O)Cl. The van der Waals surface area contributed by atoms with Gasteiger partial charge in [0.25, 0.3) is 5.24 Å². The number of carbonyl (C=O) groups is 1. The summed E-state index contributed by atoms with van der Waals surface area (Å²) in [6.45, 7) is 1.83. The predicted octanol–water partition coefficient (Wildman–Crippen LogP) is 4.17. The number of halogens is 1. The van der Waals surface area contributed by atoms with Crippen LogP contribution in [0.5, 0.6) is 11.5 Å². The molecule has 0 heterocycles. The van der Waals surface area contributed by atoms with Crippen LogP contribution in [-0.2, 0) is 0 Å². The summed E-state index contributed by atoms with van der Waals surface area (Å²) in [5, 5.41) is -0.450. The fourth-order valence-corrected chi connectivity index (χ4v) is 1.76. The Morgan fingerprint density at radius 3 is 2.35 bits per heavy atom. The van der Waals surface area contributed by atoms with Crippen molar-refractivity contribution in [2.24, 2.45) is 0 Å². The van der Waals surface area contributed by atoms with E-state index in [0.717, 1.165) is 11.3 Å². The molecule has 17 heavy (non-hydrogen) atoms. The maximum absolute atomic E-state index is 11.1. The van der Waals surface area contributed by atoms with Crippen LogP contribution in [-0.4, -0.2) is 5.24 Å². The summed E-state index contributed by atoms with van der Waals surface area (Å²) in [7, 11) is 0. The van der Waals surface area contributed by atoms with E-state index in [9.17, 15) is 4.79 Å². The van der Waals surface area contributed by atoms with Crippen LogP contribution in [0.2, 0.25) is 0 Å². The molecule has 0 N–H and O–H groups in total. The number of carbonyl (C=O) groups excluding carboxylic acids is 1. The van der Waals surface area contributed by atoms with Crippen molar-refractivity contribution in [2.45, 2.75) is 6.92 Å². The Balaban J connectivity index is 2.24. The molecule has 0 aliphatic rings.